The average molecular weight is 717 g/mol. The van der Waals surface area contributed by atoms with Crippen LogP contribution in [-0.2, 0) is 0 Å². The molecule has 0 aliphatic heterocycles. The summed E-state index contributed by atoms with van der Waals surface area (Å²) in [6.07, 6.45) is 17.3. The number of guanidine groups is 2. The first kappa shape index (κ1) is 30.7. The van der Waals surface area contributed by atoms with Crippen LogP contribution in [0.5, 0.6) is 0 Å². The van der Waals surface area contributed by atoms with Crippen molar-refractivity contribution in [3.63, 3.8) is 0 Å². The number of anilines is 2. The van der Waals surface area contributed by atoms with Crippen molar-refractivity contribution in [1.29, 1.82) is 0 Å². The Morgan fingerprint density at radius 2 is 0.768 bits per heavy atom. The molecule has 4 N–H and O–H groups in total. The summed E-state index contributed by atoms with van der Waals surface area (Å²) in [6.45, 7) is 0. The van der Waals surface area contributed by atoms with Crippen molar-refractivity contribution in [2.75, 3.05) is 10.7 Å². The van der Waals surface area contributed by atoms with E-state index in [-0.39, 0.29) is 5.96 Å². The summed E-state index contributed by atoms with van der Waals surface area (Å²) in [4.78, 5) is 10.7. The normalized spacial score (nSPS) is 14.1. The van der Waals surface area contributed by atoms with Gasteiger partial charge in [-0.1, -0.05) is 146 Å². The Morgan fingerprint density at radius 3 is 1.27 bits per heavy atom. The quantitative estimate of drug-likeness (QED) is 0.0941. The van der Waals surface area contributed by atoms with Gasteiger partial charge in [0.25, 0.3) is 0 Å². The molecule has 0 aromatic heterocycles. The molecule has 0 unspecified atom stereocenters. The fourth-order valence-corrected chi connectivity index (χ4v) is 8.93. The Morgan fingerprint density at radius 1 is 0.393 bits per heavy atom. The van der Waals surface area contributed by atoms with Gasteiger partial charge in [0.1, 0.15) is 0 Å². The van der Waals surface area contributed by atoms with Crippen molar-refractivity contribution >= 4 is 126 Å². The van der Waals surface area contributed by atoms with E-state index in [9.17, 15) is 0 Å². The number of hydrogen-bond acceptors (Lipinski definition) is 3. The number of rotatable bonds is 5. The molecule has 6 nitrogen and oxygen atoms in total. The maximum Gasteiger partial charge on any atom is 0.230 e. The fraction of sp³-hybridized carbons (Fsp3) is 0. The third-order valence-electron chi connectivity index (χ3n) is 11.5. The second-order valence-corrected chi connectivity index (χ2v) is 14.6. The lowest BCUT2D eigenvalue weighted by molar-refractivity contribution is 0.721. The van der Waals surface area contributed by atoms with Gasteiger partial charge < -0.3 is 11.1 Å². The molecular formula is C50H32N6. The van der Waals surface area contributed by atoms with Crippen LogP contribution in [0.1, 0.15) is 44.5 Å². The molecule has 0 saturated heterocycles. The van der Waals surface area contributed by atoms with E-state index < -0.39 is 0 Å². The first-order chi connectivity index (χ1) is 27.6. The van der Waals surface area contributed by atoms with Gasteiger partial charge in [0.15, 0.2) is 0 Å². The van der Waals surface area contributed by atoms with Gasteiger partial charge >= 0.3 is 0 Å². The van der Waals surface area contributed by atoms with Crippen molar-refractivity contribution in [3.05, 3.63) is 166 Å². The van der Waals surface area contributed by atoms with Crippen LogP contribution >= 0.6 is 0 Å². The van der Waals surface area contributed by atoms with Crippen LogP contribution in [0.15, 0.2) is 131 Å². The summed E-state index contributed by atoms with van der Waals surface area (Å²) in [6, 6.07) is 42.5. The summed E-state index contributed by atoms with van der Waals surface area (Å²) >= 11 is 0. The molecule has 0 radical (unpaired) electrons. The van der Waals surface area contributed by atoms with E-state index in [1.54, 1.807) is 5.01 Å². The van der Waals surface area contributed by atoms with E-state index in [1.807, 2.05) is 6.07 Å². The number of nitrogens with one attached hydrogen (secondary N) is 2. The Bertz CT molecular complexity index is 3220. The SMILES string of the molecule is NC(=Nc1ccc2c3c(cccc13)C=C2)N(Nc1ccc2c3c(cccc13)C=C2)C(=Nc1ccc2c3c(cccc13)C=C2)Nc1ccc2c3c(cccc13)C=C2. The number of nitrogens with two attached hydrogens (primary N) is 1. The van der Waals surface area contributed by atoms with Crippen molar-refractivity contribution in [1.82, 2.24) is 5.01 Å². The molecule has 262 valence electrons. The molecule has 8 aromatic carbocycles. The van der Waals surface area contributed by atoms with E-state index in [0.717, 1.165) is 44.3 Å². The van der Waals surface area contributed by atoms with Gasteiger partial charge in [-0.25, -0.2) is 9.98 Å². The number of benzene rings is 8. The minimum Gasteiger partial charge on any atom is -0.368 e. The van der Waals surface area contributed by atoms with Crippen LogP contribution in [0.3, 0.4) is 0 Å². The van der Waals surface area contributed by atoms with Gasteiger partial charge in [-0.3, -0.25) is 5.43 Å². The summed E-state index contributed by atoms with van der Waals surface area (Å²) in [7, 11) is 0. The first-order valence-corrected chi connectivity index (χ1v) is 18.9. The Balaban J connectivity index is 1.09. The molecule has 0 heterocycles. The topological polar surface area (TPSA) is 78.0 Å². The number of aliphatic imine (C=N–C) groups is 2. The van der Waals surface area contributed by atoms with Gasteiger partial charge in [0.05, 0.1) is 17.1 Å². The molecule has 4 aliphatic carbocycles. The zero-order valence-corrected chi connectivity index (χ0v) is 30.1. The highest BCUT2D eigenvalue weighted by Crippen LogP contribution is 2.41. The maximum absolute atomic E-state index is 7.29. The predicted molar refractivity (Wildman–Crippen MR) is 239 cm³/mol. The lowest BCUT2D eigenvalue weighted by Gasteiger charge is -2.28. The molecule has 0 saturated carbocycles. The van der Waals surface area contributed by atoms with Gasteiger partial charge in [-0.2, -0.15) is 5.01 Å². The van der Waals surface area contributed by atoms with Gasteiger partial charge in [-0.05, 0) is 90.3 Å². The Kier molecular flexibility index (Phi) is 6.39. The van der Waals surface area contributed by atoms with Crippen molar-refractivity contribution in [2.45, 2.75) is 0 Å². The van der Waals surface area contributed by atoms with E-state index in [0.29, 0.717) is 5.96 Å². The number of hydrazine groups is 1. The Hall–Kier alpha value is -7.70. The number of hydrogen-bond donors (Lipinski definition) is 3. The zero-order chi connectivity index (χ0) is 36.9. The lowest BCUT2D eigenvalue weighted by atomic mass is 10.0. The van der Waals surface area contributed by atoms with Crippen LogP contribution in [0.4, 0.5) is 22.7 Å². The predicted octanol–water partition coefficient (Wildman–Crippen LogP) is 12.3. The van der Waals surface area contributed by atoms with Crippen LogP contribution < -0.4 is 16.5 Å². The summed E-state index contributed by atoms with van der Waals surface area (Å²) < 4.78 is 0. The second-order valence-electron chi connectivity index (χ2n) is 14.6. The molecule has 4 aliphatic rings. The highest BCUT2D eigenvalue weighted by Gasteiger charge is 2.24. The molecular weight excluding hydrogens is 685 g/mol. The van der Waals surface area contributed by atoms with Crippen LogP contribution in [0.25, 0.3) is 91.7 Å². The van der Waals surface area contributed by atoms with E-state index in [2.05, 4.69) is 175 Å². The minimum absolute atomic E-state index is 0.226. The van der Waals surface area contributed by atoms with Gasteiger partial charge in [0.2, 0.25) is 11.9 Å². The smallest absolute Gasteiger partial charge is 0.230 e. The van der Waals surface area contributed by atoms with E-state index in [1.165, 1.54) is 66.1 Å². The third-order valence-corrected chi connectivity index (χ3v) is 11.5. The van der Waals surface area contributed by atoms with Crippen LogP contribution in [0, 0.1) is 0 Å². The molecule has 56 heavy (non-hydrogen) atoms. The summed E-state index contributed by atoms with van der Waals surface area (Å²) in [5, 5.41) is 14.6. The molecule has 0 amide bonds. The highest BCUT2D eigenvalue weighted by molar-refractivity contribution is 6.18. The van der Waals surface area contributed by atoms with Crippen molar-refractivity contribution < 1.29 is 0 Å². The lowest BCUT2D eigenvalue weighted by Crippen LogP contribution is -2.48. The van der Waals surface area contributed by atoms with E-state index >= 15 is 0 Å². The highest BCUT2D eigenvalue weighted by atomic mass is 15.6. The minimum atomic E-state index is 0.226. The molecule has 0 fully saturated rings. The monoisotopic (exact) mass is 716 g/mol. The van der Waals surface area contributed by atoms with Crippen molar-refractivity contribution in [3.8, 4) is 0 Å². The van der Waals surface area contributed by atoms with Gasteiger partial charge in [-0.15, -0.1) is 0 Å². The standard InChI is InChI=1S/C50H32N6/c51-49(52-41-25-21-33-17-13-29-5-1-9-37(41)45(29)33)56(55-44-28-24-36-20-16-32-8-4-12-40(44)48(32)36)50(53-42-26-22-34-18-14-30-6-2-10-38(42)46(30)34)54-43-27-23-35-19-15-31-7-3-11-39(43)47(31)35/h1-28,55H,(H2,51,52)(H,53,54). The molecule has 0 spiro atoms. The average Bonchev–Trinajstić information content (AvgIpc) is 4.05. The first-order valence-electron chi connectivity index (χ1n) is 18.9. The third kappa shape index (κ3) is 4.56. The largest absolute Gasteiger partial charge is 0.368 e. The van der Waals surface area contributed by atoms with Gasteiger partial charge in [0, 0.05) is 27.2 Å². The molecule has 8 aromatic rings. The van der Waals surface area contributed by atoms with Crippen LogP contribution in [-0.4, -0.2) is 16.9 Å². The Labute approximate surface area is 322 Å². The second kappa shape index (κ2) is 11.6. The van der Waals surface area contributed by atoms with Crippen molar-refractivity contribution in [2.24, 2.45) is 15.7 Å². The molecule has 0 bridgehead atoms. The summed E-state index contributed by atoms with van der Waals surface area (Å²) in [5.41, 5.74) is 23.9. The molecule has 12 rings (SSSR count). The molecule has 6 heteroatoms. The molecule has 0 atom stereocenters. The van der Waals surface area contributed by atoms with Crippen LogP contribution in [0.2, 0.25) is 0 Å². The maximum atomic E-state index is 7.29. The fourth-order valence-electron chi connectivity index (χ4n) is 8.93. The van der Waals surface area contributed by atoms with E-state index in [4.69, 9.17) is 15.7 Å². The summed E-state index contributed by atoms with van der Waals surface area (Å²) in [5.74, 6) is 0.697. The zero-order valence-electron chi connectivity index (χ0n) is 30.1. The number of nitrogens with zero attached hydrogens (tertiary/aromatic N) is 3.